The molecular formula is C15H21NO2. The van der Waals surface area contributed by atoms with E-state index in [9.17, 15) is 4.79 Å². The minimum Gasteiger partial charge on any atom is -0.494 e. The van der Waals surface area contributed by atoms with E-state index in [1.165, 1.54) is 6.42 Å². The Kier molecular flexibility index (Phi) is 4.00. The zero-order valence-corrected chi connectivity index (χ0v) is 11.3. The van der Waals surface area contributed by atoms with Gasteiger partial charge in [0.05, 0.1) is 18.9 Å². The highest BCUT2D eigenvalue weighted by Gasteiger charge is 2.30. The number of aromatic nitrogens is 1. The van der Waals surface area contributed by atoms with Gasteiger partial charge in [-0.2, -0.15) is 0 Å². The van der Waals surface area contributed by atoms with Gasteiger partial charge in [-0.05, 0) is 37.2 Å². The molecule has 2 rings (SSSR count). The number of carbonyl (C=O) groups excluding carboxylic acids is 1. The maximum Gasteiger partial charge on any atom is 0.169 e. The number of nitrogens with zero attached hydrogens (tertiary/aromatic N) is 1. The van der Waals surface area contributed by atoms with Gasteiger partial charge < -0.3 is 4.74 Å². The largest absolute Gasteiger partial charge is 0.494 e. The van der Waals surface area contributed by atoms with Gasteiger partial charge in [-0.3, -0.25) is 9.78 Å². The second kappa shape index (κ2) is 5.51. The van der Waals surface area contributed by atoms with Crippen molar-refractivity contribution < 1.29 is 9.53 Å². The SMILES string of the molecule is COc1cnccc1C(=O)C1CC(C)CC(C)C1. The van der Waals surface area contributed by atoms with E-state index < -0.39 is 0 Å². The molecule has 1 heterocycles. The molecule has 98 valence electrons. The molecule has 0 saturated heterocycles. The normalized spacial score (nSPS) is 27.8. The zero-order valence-electron chi connectivity index (χ0n) is 11.3. The van der Waals surface area contributed by atoms with E-state index in [1.807, 2.05) is 0 Å². The second-order valence-electron chi connectivity index (χ2n) is 5.55. The maximum absolute atomic E-state index is 12.6. The molecule has 3 nitrogen and oxygen atoms in total. The van der Waals surface area contributed by atoms with E-state index in [0.717, 1.165) is 12.8 Å². The minimum atomic E-state index is 0.139. The number of ketones is 1. The topological polar surface area (TPSA) is 39.2 Å². The first kappa shape index (κ1) is 13.1. The smallest absolute Gasteiger partial charge is 0.169 e. The van der Waals surface area contributed by atoms with Crippen LogP contribution in [0.25, 0.3) is 0 Å². The van der Waals surface area contributed by atoms with Crippen molar-refractivity contribution in [3.05, 3.63) is 24.0 Å². The molecule has 2 atom stereocenters. The quantitative estimate of drug-likeness (QED) is 0.769. The van der Waals surface area contributed by atoms with Gasteiger partial charge >= 0.3 is 0 Å². The number of carbonyl (C=O) groups is 1. The Balaban J connectivity index is 2.20. The van der Waals surface area contributed by atoms with Crippen molar-refractivity contribution >= 4 is 5.78 Å². The summed E-state index contributed by atoms with van der Waals surface area (Å²) in [6.45, 7) is 4.47. The average molecular weight is 247 g/mol. The molecule has 0 radical (unpaired) electrons. The van der Waals surface area contributed by atoms with Gasteiger partial charge in [0, 0.05) is 12.1 Å². The van der Waals surface area contributed by atoms with E-state index in [-0.39, 0.29) is 11.7 Å². The molecule has 0 aromatic carbocycles. The van der Waals surface area contributed by atoms with Crippen molar-refractivity contribution in [1.82, 2.24) is 4.98 Å². The summed E-state index contributed by atoms with van der Waals surface area (Å²) in [7, 11) is 1.58. The summed E-state index contributed by atoms with van der Waals surface area (Å²) in [5.74, 6) is 2.21. The summed E-state index contributed by atoms with van der Waals surface area (Å²) in [5.41, 5.74) is 0.679. The highest BCUT2D eigenvalue weighted by Crippen LogP contribution is 2.35. The van der Waals surface area contributed by atoms with Crippen LogP contribution in [0.15, 0.2) is 18.5 Å². The lowest BCUT2D eigenvalue weighted by Crippen LogP contribution is -2.26. The molecule has 1 aliphatic carbocycles. The minimum absolute atomic E-state index is 0.139. The van der Waals surface area contributed by atoms with Crippen molar-refractivity contribution in [2.75, 3.05) is 7.11 Å². The third kappa shape index (κ3) is 2.71. The van der Waals surface area contributed by atoms with Gasteiger partial charge in [0.2, 0.25) is 0 Å². The van der Waals surface area contributed by atoms with Gasteiger partial charge in [0.25, 0.3) is 0 Å². The van der Waals surface area contributed by atoms with Crippen molar-refractivity contribution in [2.24, 2.45) is 17.8 Å². The Hall–Kier alpha value is -1.38. The molecule has 1 fully saturated rings. The fourth-order valence-electron chi connectivity index (χ4n) is 3.13. The van der Waals surface area contributed by atoms with Crippen LogP contribution in [0.2, 0.25) is 0 Å². The van der Waals surface area contributed by atoms with E-state index in [1.54, 1.807) is 25.6 Å². The fraction of sp³-hybridized carbons (Fsp3) is 0.600. The van der Waals surface area contributed by atoms with Crippen LogP contribution in [0.1, 0.15) is 43.5 Å². The maximum atomic E-state index is 12.6. The monoisotopic (exact) mass is 247 g/mol. The average Bonchev–Trinajstić information content (AvgIpc) is 2.36. The number of rotatable bonds is 3. The molecule has 1 saturated carbocycles. The van der Waals surface area contributed by atoms with Crippen LogP contribution in [0.3, 0.4) is 0 Å². The molecule has 1 aromatic rings. The summed E-state index contributed by atoms with van der Waals surface area (Å²) in [4.78, 5) is 16.6. The van der Waals surface area contributed by atoms with E-state index in [2.05, 4.69) is 18.8 Å². The van der Waals surface area contributed by atoms with Crippen LogP contribution in [-0.4, -0.2) is 17.9 Å². The second-order valence-corrected chi connectivity index (χ2v) is 5.55. The van der Waals surface area contributed by atoms with Gasteiger partial charge in [-0.25, -0.2) is 0 Å². The number of ether oxygens (including phenoxy) is 1. The molecule has 18 heavy (non-hydrogen) atoms. The van der Waals surface area contributed by atoms with E-state index in [0.29, 0.717) is 23.1 Å². The molecule has 2 unspecified atom stereocenters. The highest BCUT2D eigenvalue weighted by atomic mass is 16.5. The van der Waals surface area contributed by atoms with Gasteiger partial charge in [-0.1, -0.05) is 13.8 Å². The van der Waals surface area contributed by atoms with Crippen LogP contribution in [-0.2, 0) is 0 Å². The summed E-state index contributed by atoms with van der Waals surface area (Å²) >= 11 is 0. The van der Waals surface area contributed by atoms with Crippen LogP contribution in [0.4, 0.5) is 0 Å². The molecule has 0 N–H and O–H groups in total. The van der Waals surface area contributed by atoms with Crippen LogP contribution >= 0.6 is 0 Å². The summed E-state index contributed by atoms with van der Waals surface area (Å²) < 4.78 is 5.23. The van der Waals surface area contributed by atoms with Gasteiger partial charge in [0.1, 0.15) is 5.75 Å². The first-order valence-corrected chi connectivity index (χ1v) is 6.64. The number of hydrogen-bond acceptors (Lipinski definition) is 3. The standard InChI is InChI=1S/C15H21NO2/c1-10-6-11(2)8-12(7-10)15(17)13-4-5-16-9-14(13)18-3/h4-5,9-12H,6-8H2,1-3H3. The van der Waals surface area contributed by atoms with Gasteiger partial charge in [0.15, 0.2) is 5.78 Å². The third-order valence-corrected chi connectivity index (χ3v) is 3.82. The third-order valence-electron chi connectivity index (χ3n) is 3.82. The molecular weight excluding hydrogens is 226 g/mol. The molecule has 0 aliphatic heterocycles. The van der Waals surface area contributed by atoms with Gasteiger partial charge in [-0.15, -0.1) is 0 Å². The molecule has 0 spiro atoms. The van der Waals surface area contributed by atoms with Crippen LogP contribution < -0.4 is 4.74 Å². The Labute approximate surface area is 109 Å². The lowest BCUT2D eigenvalue weighted by atomic mass is 9.74. The Morgan fingerprint density at radius 1 is 1.28 bits per heavy atom. The molecule has 1 aliphatic rings. The fourth-order valence-corrected chi connectivity index (χ4v) is 3.13. The first-order valence-electron chi connectivity index (χ1n) is 6.64. The predicted octanol–water partition coefficient (Wildman–Crippen LogP) is 3.35. The Bertz CT molecular complexity index is 420. The lowest BCUT2D eigenvalue weighted by Gasteiger charge is -2.30. The molecule has 0 amide bonds. The van der Waals surface area contributed by atoms with E-state index >= 15 is 0 Å². The number of pyridine rings is 1. The highest BCUT2D eigenvalue weighted by molar-refractivity contribution is 6.00. The number of Topliss-reactive ketones (excluding diaryl/α,β-unsaturated/α-hetero) is 1. The molecule has 1 aromatic heterocycles. The van der Waals surface area contributed by atoms with Crippen LogP contribution in [0, 0.1) is 17.8 Å². The van der Waals surface area contributed by atoms with Crippen molar-refractivity contribution in [1.29, 1.82) is 0 Å². The molecule has 0 bridgehead atoms. The summed E-state index contributed by atoms with van der Waals surface area (Å²) in [5, 5.41) is 0. The predicted molar refractivity (Wildman–Crippen MR) is 70.8 cm³/mol. The van der Waals surface area contributed by atoms with Crippen molar-refractivity contribution in [2.45, 2.75) is 33.1 Å². The number of methoxy groups -OCH3 is 1. The summed E-state index contributed by atoms with van der Waals surface area (Å²) in [6, 6.07) is 1.77. The summed E-state index contributed by atoms with van der Waals surface area (Å²) in [6.07, 6.45) is 6.49. The zero-order chi connectivity index (χ0) is 13.1. The molecule has 3 heteroatoms. The van der Waals surface area contributed by atoms with Crippen LogP contribution in [0.5, 0.6) is 5.75 Å². The number of hydrogen-bond donors (Lipinski definition) is 0. The van der Waals surface area contributed by atoms with E-state index in [4.69, 9.17) is 4.74 Å². The Morgan fingerprint density at radius 2 is 1.94 bits per heavy atom. The first-order chi connectivity index (χ1) is 8.61. The van der Waals surface area contributed by atoms with Crippen molar-refractivity contribution in [3.8, 4) is 5.75 Å². The van der Waals surface area contributed by atoms with Crippen molar-refractivity contribution in [3.63, 3.8) is 0 Å². The Morgan fingerprint density at radius 3 is 2.56 bits per heavy atom. The lowest BCUT2D eigenvalue weighted by molar-refractivity contribution is 0.0833.